The van der Waals surface area contributed by atoms with E-state index in [1.54, 1.807) is 0 Å². The summed E-state index contributed by atoms with van der Waals surface area (Å²) >= 11 is 1.21. The summed E-state index contributed by atoms with van der Waals surface area (Å²) in [4.78, 5) is 11.6. The highest BCUT2D eigenvalue weighted by molar-refractivity contribution is 7.95. The second-order valence-corrected chi connectivity index (χ2v) is 7.90. The van der Waals surface area contributed by atoms with E-state index in [1.165, 1.54) is 12.0 Å². The lowest BCUT2D eigenvalue weighted by molar-refractivity contribution is -0.133. The monoisotopic (exact) mass is 433 g/mol. The zero-order chi connectivity index (χ0) is 21.7. The van der Waals surface area contributed by atoms with Crippen LogP contribution in [0.1, 0.15) is 65.2 Å². The second-order valence-electron chi connectivity index (χ2n) is 7.09. The molecule has 168 valence electrons. The lowest BCUT2D eigenvalue weighted by Crippen LogP contribution is -2.22. The normalized spacial score (nSPS) is 19.3. The number of hydrogen-bond donors (Lipinski definition) is 1. The number of hydrogen-bond acceptors (Lipinski definition) is 5. The van der Waals surface area contributed by atoms with Gasteiger partial charge in [-0.2, -0.15) is 0 Å². The Balaban J connectivity index is 1.85. The maximum absolute atomic E-state index is 11.6. The molecule has 0 saturated carbocycles. The molecule has 0 spiro atoms. The molecule has 0 amide bonds. The molecule has 30 heavy (non-hydrogen) atoms. The summed E-state index contributed by atoms with van der Waals surface area (Å²) in [5.74, 6) is 0.607. The van der Waals surface area contributed by atoms with Gasteiger partial charge in [-0.3, -0.25) is 10.1 Å². The smallest absolute Gasteiger partial charge is 0.317 e. The van der Waals surface area contributed by atoms with Crippen LogP contribution < -0.4 is 5.32 Å². The van der Waals surface area contributed by atoms with Crippen LogP contribution in [0.15, 0.2) is 60.8 Å². The lowest BCUT2D eigenvalue weighted by Gasteiger charge is -2.02. The van der Waals surface area contributed by atoms with Gasteiger partial charge >= 0.3 is 5.97 Å². The number of rotatable bonds is 18. The molecular weight excluding hydrogens is 394 g/mol. The van der Waals surface area contributed by atoms with Crippen molar-refractivity contribution < 1.29 is 13.7 Å². The molecule has 0 bridgehead atoms. The number of unbranched alkanes of at least 4 members (excludes halogenated alkanes) is 1. The average molecular weight is 434 g/mol. The summed E-state index contributed by atoms with van der Waals surface area (Å²) in [5.41, 5.74) is 0. The molecule has 1 heterocycles. The first kappa shape index (κ1) is 26.5. The SMILES string of the molecule is CCC=CCC=CCC=CCC=CCC=CCCCC(=O)OSCCNC1OC1C. The van der Waals surface area contributed by atoms with Gasteiger partial charge < -0.3 is 8.92 Å². The summed E-state index contributed by atoms with van der Waals surface area (Å²) in [5, 5.41) is 3.23. The van der Waals surface area contributed by atoms with E-state index in [0.29, 0.717) is 12.5 Å². The number of ether oxygens (including phenoxy) is 1. The maximum atomic E-state index is 11.6. The van der Waals surface area contributed by atoms with Crippen molar-refractivity contribution in [2.45, 2.75) is 77.5 Å². The fourth-order valence-corrected chi connectivity index (χ4v) is 3.02. The van der Waals surface area contributed by atoms with Crippen molar-refractivity contribution in [2.24, 2.45) is 0 Å². The van der Waals surface area contributed by atoms with Crippen LogP contribution in [0.2, 0.25) is 0 Å². The summed E-state index contributed by atoms with van der Waals surface area (Å²) in [7, 11) is 0. The van der Waals surface area contributed by atoms with Crippen molar-refractivity contribution in [3.8, 4) is 0 Å². The van der Waals surface area contributed by atoms with Gasteiger partial charge in [0, 0.05) is 18.7 Å². The van der Waals surface area contributed by atoms with E-state index < -0.39 is 0 Å². The summed E-state index contributed by atoms with van der Waals surface area (Å²) in [6, 6.07) is 0. The zero-order valence-electron chi connectivity index (χ0n) is 18.6. The summed E-state index contributed by atoms with van der Waals surface area (Å²) < 4.78 is 10.4. The summed E-state index contributed by atoms with van der Waals surface area (Å²) in [6.07, 6.45) is 29.6. The third-order valence-corrected chi connectivity index (χ3v) is 4.98. The molecule has 1 N–H and O–H groups in total. The molecule has 4 nitrogen and oxygen atoms in total. The van der Waals surface area contributed by atoms with Crippen LogP contribution in [-0.2, 0) is 13.7 Å². The summed E-state index contributed by atoms with van der Waals surface area (Å²) in [6.45, 7) is 4.97. The van der Waals surface area contributed by atoms with Crippen molar-refractivity contribution in [1.29, 1.82) is 0 Å². The van der Waals surface area contributed by atoms with E-state index in [2.05, 4.69) is 73.0 Å². The van der Waals surface area contributed by atoms with Crippen LogP contribution in [0.5, 0.6) is 0 Å². The van der Waals surface area contributed by atoms with Gasteiger partial charge in [-0.05, 0) is 51.9 Å². The quantitative estimate of drug-likeness (QED) is 0.117. The Kier molecular flexibility index (Phi) is 17.1. The molecule has 2 atom stereocenters. The minimum Gasteiger partial charge on any atom is -0.391 e. The van der Waals surface area contributed by atoms with Crippen LogP contribution in [0, 0.1) is 0 Å². The number of epoxide rings is 1. The molecule has 1 aliphatic rings. The highest BCUT2D eigenvalue weighted by atomic mass is 32.2. The van der Waals surface area contributed by atoms with Gasteiger partial charge in [0.25, 0.3) is 0 Å². The van der Waals surface area contributed by atoms with Gasteiger partial charge in [-0.25, -0.2) is 0 Å². The van der Waals surface area contributed by atoms with E-state index in [0.717, 1.165) is 57.2 Å². The first-order valence-corrected chi connectivity index (χ1v) is 12.1. The molecule has 0 aromatic rings. The average Bonchev–Trinajstić information content (AvgIpc) is 3.45. The maximum Gasteiger partial charge on any atom is 0.317 e. The lowest BCUT2D eigenvalue weighted by atomic mass is 10.2. The molecular formula is C25H39NO3S. The van der Waals surface area contributed by atoms with Gasteiger partial charge in [-0.1, -0.05) is 67.7 Å². The van der Waals surface area contributed by atoms with Crippen LogP contribution >= 0.6 is 12.0 Å². The Morgan fingerprint density at radius 3 is 2.00 bits per heavy atom. The van der Waals surface area contributed by atoms with Crippen molar-refractivity contribution in [1.82, 2.24) is 5.32 Å². The largest absolute Gasteiger partial charge is 0.391 e. The van der Waals surface area contributed by atoms with E-state index in [1.807, 2.05) is 6.92 Å². The van der Waals surface area contributed by atoms with Crippen molar-refractivity contribution in [3.63, 3.8) is 0 Å². The first-order chi connectivity index (χ1) is 14.7. The predicted molar refractivity (Wildman–Crippen MR) is 129 cm³/mol. The Labute approximate surface area is 187 Å². The molecule has 0 aromatic heterocycles. The van der Waals surface area contributed by atoms with Crippen molar-refractivity contribution >= 4 is 18.0 Å². The third-order valence-electron chi connectivity index (χ3n) is 4.30. The molecule has 1 rings (SSSR count). The standard InChI is InChI=1S/C25H39NO3S/c1-3-4-5-6-7-8-9-10-11-12-13-14-15-16-17-18-19-20-24(27)29-30-22-21-26-25-23(2)28-25/h4-5,7-8,10-11,13-14,16-17,23,25-26H,3,6,9,12,15,18-22H2,1-2H3. The molecule has 1 aliphatic heterocycles. The van der Waals surface area contributed by atoms with Gasteiger partial charge in [0.05, 0.1) is 18.1 Å². The van der Waals surface area contributed by atoms with Crippen LogP contribution in [-0.4, -0.2) is 30.6 Å². The third kappa shape index (κ3) is 17.3. The Hall–Kier alpha value is -1.56. The number of nitrogens with one attached hydrogen (secondary N) is 1. The van der Waals surface area contributed by atoms with Crippen molar-refractivity contribution in [3.05, 3.63) is 60.8 Å². The molecule has 1 saturated heterocycles. The fourth-order valence-electron chi connectivity index (χ4n) is 2.52. The minimum atomic E-state index is -0.136. The van der Waals surface area contributed by atoms with Gasteiger partial charge in [0.1, 0.15) is 6.23 Å². The molecule has 2 unspecified atom stereocenters. The fraction of sp³-hybridized carbons (Fsp3) is 0.560. The number of carbonyl (C=O) groups is 1. The first-order valence-electron chi connectivity index (χ1n) is 11.2. The highest BCUT2D eigenvalue weighted by Crippen LogP contribution is 2.17. The highest BCUT2D eigenvalue weighted by Gasteiger charge is 2.33. The van der Waals surface area contributed by atoms with Gasteiger partial charge in [-0.15, -0.1) is 0 Å². The van der Waals surface area contributed by atoms with Crippen molar-refractivity contribution in [2.75, 3.05) is 12.3 Å². The topological polar surface area (TPSA) is 50.9 Å². The minimum absolute atomic E-state index is 0.136. The molecule has 0 radical (unpaired) electrons. The van der Waals surface area contributed by atoms with E-state index >= 15 is 0 Å². The van der Waals surface area contributed by atoms with E-state index in [-0.39, 0.29) is 12.2 Å². The Morgan fingerprint density at radius 2 is 1.47 bits per heavy atom. The van der Waals surface area contributed by atoms with Crippen LogP contribution in [0.3, 0.4) is 0 Å². The molecule has 0 aromatic carbocycles. The molecule has 1 fully saturated rings. The van der Waals surface area contributed by atoms with Crippen LogP contribution in [0.25, 0.3) is 0 Å². The van der Waals surface area contributed by atoms with E-state index in [9.17, 15) is 4.79 Å². The zero-order valence-corrected chi connectivity index (χ0v) is 19.4. The Morgan fingerprint density at radius 1 is 0.933 bits per heavy atom. The molecule has 5 heteroatoms. The second kappa shape index (κ2) is 19.4. The number of allylic oxidation sites excluding steroid dienone is 10. The molecule has 0 aliphatic carbocycles. The number of carbonyl (C=O) groups excluding carboxylic acids is 1. The van der Waals surface area contributed by atoms with E-state index in [4.69, 9.17) is 8.92 Å². The predicted octanol–water partition coefficient (Wildman–Crippen LogP) is 6.43. The van der Waals surface area contributed by atoms with Crippen LogP contribution in [0.4, 0.5) is 0 Å². The van der Waals surface area contributed by atoms with Gasteiger partial charge in [0.2, 0.25) is 0 Å². The Bertz CT molecular complexity index is 581. The van der Waals surface area contributed by atoms with Gasteiger partial charge in [0.15, 0.2) is 0 Å².